The van der Waals surface area contributed by atoms with Crippen LogP contribution in [0.15, 0.2) is 22.7 Å². The van der Waals surface area contributed by atoms with Crippen molar-refractivity contribution in [2.75, 3.05) is 13.1 Å². The molecule has 0 saturated carbocycles. The average molecular weight is 311 g/mol. The number of likely N-dealkylation sites (tertiary alicyclic amines) is 1. The third kappa shape index (κ3) is 3.56. The molecule has 2 atom stereocenters. The third-order valence-corrected chi connectivity index (χ3v) is 4.78. The summed E-state index contributed by atoms with van der Waals surface area (Å²) in [4.78, 5) is 2.54. The van der Waals surface area contributed by atoms with Crippen LogP contribution in [0.5, 0.6) is 0 Å². The van der Waals surface area contributed by atoms with E-state index in [1.807, 2.05) is 0 Å². The maximum absolute atomic E-state index is 6.03. The van der Waals surface area contributed by atoms with Gasteiger partial charge in [0.15, 0.2) is 0 Å². The van der Waals surface area contributed by atoms with Gasteiger partial charge in [-0.15, -0.1) is 0 Å². The van der Waals surface area contributed by atoms with E-state index in [0.717, 1.165) is 13.1 Å². The second-order valence-corrected chi connectivity index (χ2v) is 6.43. The summed E-state index contributed by atoms with van der Waals surface area (Å²) < 4.78 is 1.21. The number of aryl methyl sites for hydroxylation is 1. The first-order valence-corrected chi connectivity index (χ1v) is 7.58. The Morgan fingerprint density at radius 1 is 1.50 bits per heavy atom. The molecule has 1 saturated heterocycles. The van der Waals surface area contributed by atoms with Crippen LogP contribution in [0.4, 0.5) is 0 Å². The van der Waals surface area contributed by atoms with E-state index in [0.29, 0.717) is 12.0 Å². The van der Waals surface area contributed by atoms with Gasteiger partial charge in [-0.2, -0.15) is 0 Å². The topological polar surface area (TPSA) is 29.3 Å². The van der Waals surface area contributed by atoms with Gasteiger partial charge in [-0.25, -0.2) is 0 Å². The van der Waals surface area contributed by atoms with E-state index in [4.69, 9.17) is 5.73 Å². The fraction of sp³-hybridized carbons (Fsp3) is 0.600. The van der Waals surface area contributed by atoms with Crippen molar-refractivity contribution in [1.82, 2.24) is 4.90 Å². The lowest BCUT2D eigenvalue weighted by atomic mass is 9.92. The number of piperidine rings is 1. The Bertz CT molecular complexity index is 403. The summed E-state index contributed by atoms with van der Waals surface area (Å²) in [6.07, 6.45) is 2.56. The van der Waals surface area contributed by atoms with Crippen LogP contribution in [0, 0.1) is 12.8 Å². The zero-order valence-corrected chi connectivity index (χ0v) is 12.9. The van der Waals surface area contributed by atoms with E-state index < -0.39 is 0 Å². The molecule has 1 aromatic carbocycles. The van der Waals surface area contributed by atoms with Crippen LogP contribution < -0.4 is 5.73 Å². The smallest absolute Gasteiger partial charge is 0.0234 e. The number of hydrogen-bond donors (Lipinski definition) is 1. The lowest BCUT2D eigenvalue weighted by Crippen LogP contribution is -2.41. The van der Waals surface area contributed by atoms with Gasteiger partial charge in [0.2, 0.25) is 0 Å². The molecule has 2 nitrogen and oxygen atoms in total. The summed E-state index contributed by atoms with van der Waals surface area (Å²) in [5.74, 6) is 0.660. The molecule has 1 aliphatic heterocycles. The Kier molecular flexibility index (Phi) is 4.82. The molecule has 0 spiro atoms. The summed E-state index contributed by atoms with van der Waals surface area (Å²) in [6.45, 7) is 7.65. The largest absolute Gasteiger partial charge is 0.328 e. The Labute approximate surface area is 119 Å². The summed E-state index contributed by atoms with van der Waals surface area (Å²) in [6, 6.07) is 6.98. The van der Waals surface area contributed by atoms with E-state index in [1.54, 1.807) is 0 Å². The first kappa shape index (κ1) is 14.0. The van der Waals surface area contributed by atoms with Gasteiger partial charge in [0.1, 0.15) is 0 Å². The molecule has 0 radical (unpaired) electrons. The van der Waals surface area contributed by atoms with E-state index in [1.165, 1.54) is 35.0 Å². The molecule has 3 heteroatoms. The van der Waals surface area contributed by atoms with Crippen LogP contribution >= 0.6 is 15.9 Å². The minimum atomic E-state index is 0.317. The summed E-state index contributed by atoms with van der Waals surface area (Å²) in [7, 11) is 0. The van der Waals surface area contributed by atoms with Crippen molar-refractivity contribution < 1.29 is 0 Å². The molecule has 0 aliphatic carbocycles. The summed E-state index contributed by atoms with van der Waals surface area (Å²) in [5.41, 5.74) is 8.72. The maximum Gasteiger partial charge on any atom is 0.0234 e. The highest BCUT2D eigenvalue weighted by molar-refractivity contribution is 9.10. The average Bonchev–Trinajstić information content (AvgIpc) is 2.34. The predicted octanol–water partition coefficient (Wildman–Crippen LogP) is 3.32. The lowest BCUT2D eigenvalue weighted by molar-refractivity contribution is 0.154. The number of nitrogens with two attached hydrogens (primary N) is 1. The van der Waals surface area contributed by atoms with Crippen molar-refractivity contribution in [2.45, 2.75) is 39.3 Å². The zero-order valence-electron chi connectivity index (χ0n) is 11.3. The highest BCUT2D eigenvalue weighted by atomic mass is 79.9. The summed E-state index contributed by atoms with van der Waals surface area (Å²) >= 11 is 3.61. The Balaban J connectivity index is 1.98. The van der Waals surface area contributed by atoms with Crippen LogP contribution in [0.1, 0.15) is 30.9 Å². The molecule has 100 valence electrons. The minimum absolute atomic E-state index is 0.317. The molecule has 1 aromatic rings. The van der Waals surface area contributed by atoms with Gasteiger partial charge in [-0.05, 0) is 56.3 Å². The number of hydrogen-bond acceptors (Lipinski definition) is 2. The molecule has 1 heterocycles. The first-order valence-electron chi connectivity index (χ1n) is 6.79. The standard InChI is InChI=1S/C15H23BrN2/c1-11-5-6-13(8-15(11)16)9-18-7-3-4-14(10-18)12(2)17/h5-6,8,12,14H,3-4,7,9-10,17H2,1-2H3. The predicted molar refractivity (Wildman–Crippen MR) is 80.5 cm³/mol. The van der Waals surface area contributed by atoms with Crippen molar-refractivity contribution in [3.63, 3.8) is 0 Å². The van der Waals surface area contributed by atoms with Crippen molar-refractivity contribution in [3.8, 4) is 0 Å². The van der Waals surface area contributed by atoms with E-state index >= 15 is 0 Å². The highest BCUT2D eigenvalue weighted by Crippen LogP contribution is 2.22. The molecule has 1 aliphatic rings. The second kappa shape index (κ2) is 6.18. The van der Waals surface area contributed by atoms with Crippen LogP contribution in [0.2, 0.25) is 0 Å². The molecule has 0 amide bonds. The monoisotopic (exact) mass is 310 g/mol. The number of benzene rings is 1. The Morgan fingerprint density at radius 2 is 2.28 bits per heavy atom. The maximum atomic E-state index is 6.03. The molecule has 2 rings (SSSR count). The molecular weight excluding hydrogens is 288 g/mol. The van der Waals surface area contributed by atoms with E-state index in [2.05, 4.69) is 52.9 Å². The van der Waals surface area contributed by atoms with Gasteiger partial charge < -0.3 is 5.73 Å². The van der Waals surface area contributed by atoms with Gasteiger partial charge in [0, 0.05) is 23.6 Å². The molecule has 18 heavy (non-hydrogen) atoms. The van der Waals surface area contributed by atoms with E-state index in [-0.39, 0.29) is 0 Å². The van der Waals surface area contributed by atoms with Crippen LogP contribution in [-0.4, -0.2) is 24.0 Å². The molecule has 0 bridgehead atoms. The molecule has 2 unspecified atom stereocenters. The quantitative estimate of drug-likeness (QED) is 0.928. The van der Waals surface area contributed by atoms with Gasteiger partial charge in [-0.1, -0.05) is 28.1 Å². The van der Waals surface area contributed by atoms with Crippen molar-refractivity contribution >= 4 is 15.9 Å². The highest BCUT2D eigenvalue weighted by Gasteiger charge is 2.22. The number of nitrogens with zero attached hydrogens (tertiary/aromatic N) is 1. The lowest BCUT2D eigenvalue weighted by Gasteiger charge is -2.34. The molecular formula is C15H23BrN2. The van der Waals surface area contributed by atoms with Crippen LogP contribution in [0.25, 0.3) is 0 Å². The molecule has 0 aromatic heterocycles. The first-order chi connectivity index (χ1) is 8.56. The van der Waals surface area contributed by atoms with Crippen LogP contribution in [-0.2, 0) is 6.54 Å². The second-order valence-electron chi connectivity index (χ2n) is 5.58. The van der Waals surface area contributed by atoms with Gasteiger partial charge in [0.25, 0.3) is 0 Å². The Morgan fingerprint density at radius 3 is 2.94 bits per heavy atom. The number of rotatable bonds is 3. The van der Waals surface area contributed by atoms with Gasteiger partial charge in [0.05, 0.1) is 0 Å². The SMILES string of the molecule is Cc1ccc(CN2CCCC(C(C)N)C2)cc1Br. The van der Waals surface area contributed by atoms with Crippen LogP contribution in [0.3, 0.4) is 0 Å². The number of halogens is 1. The normalized spacial score (nSPS) is 23.0. The fourth-order valence-corrected chi connectivity index (χ4v) is 3.08. The van der Waals surface area contributed by atoms with Crippen molar-refractivity contribution in [2.24, 2.45) is 11.7 Å². The van der Waals surface area contributed by atoms with Gasteiger partial charge >= 0.3 is 0 Å². The van der Waals surface area contributed by atoms with Gasteiger partial charge in [-0.3, -0.25) is 4.90 Å². The van der Waals surface area contributed by atoms with Crippen molar-refractivity contribution in [1.29, 1.82) is 0 Å². The van der Waals surface area contributed by atoms with Crippen molar-refractivity contribution in [3.05, 3.63) is 33.8 Å². The fourth-order valence-electron chi connectivity index (χ4n) is 2.66. The van der Waals surface area contributed by atoms with E-state index in [9.17, 15) is 0 Å². The summed E-state index contributed by atoms with van der Waals surface area (Å²) in [5, 5.41) is 0. The molecule has 1 fully saturated rings. The third-order valence-electron chi connectivity index (χ3n) is 3.93. The minimum Gasteiger partial charge on any atom is -0.328 e. The Hall–Kier alpha value is -0.380. The zero-order chi connectivity index (χ0) is 13.1. The molecule has 2 N–H and O–H groups in total.